The summed E-state index contributed by atoms with van der Waals surface area (Å²) >= 11 is 0. The molecule has 8 heavy (non-hydrogen) atoms. The van der Waals surface area contributed by atoms with Crippen LogP contribution in [0.25, 0.3) is 0 Å². The van der Waals surface area contributed by atoms with Gasteiger partial charge in [0.1, 0.15) is 0 Å². The topological polar surface area (TPSA) is 52.3 Å². The van der Waals surface area contributed by atoms with Gasteiger partial charge in [-0.2, -0.15) is 0 Å². The van der Waals surface area contributed by atoms with Gasteiger partial charge in [-0.3, -0.25) is 4.79 Å². The van der Waals surface area contributed by atoms with E-state index in [0.29, 0.717) is 5.57 Å². The van der Waals surface area contributed by atoms with Gasteiger partial charge >= 0.3 is 0 Å². The molecule has 0 unspecified atom stereocenters. The number of hydrogen-bond acceptors (Lipinski definition) is 3. The number of ether oxygens (including phenoxy) is 1. The first-order chi connectivity index (χ1) is 3.72. The van der Waals surface area contributed by atoms with Crippen molar-refractivity contribution < 1.29 is 9.53 Å². The highest BCUT2D eigenvalue weighted by Gasteiger charge is 2.17. The largest absolute Gasteiger partial charge is 0.471 e. The van der Waals surface area contributed by atoms with Gasteiger partial charge in [0.2, 0.25) is 5.78 Å². The average Bonchev–Trinajstić information content (AvgIpc) is 1.98. The fourth-order valence-electron chi connectivity index (χ4n) is 0.497. The molecule has 0 saturated heterocycles. The zero-order valence-corrected chi connectivity index (χ0v) is 4.60. The van der Waals surface area contributed by atoms with E-state index < -0.39 is 0 Å². The maximum Gasteiger partial charge on any atom is 0.201 e. The third kappa shape index (κ3) is 0.559. The highest BCUT2D eigenvalue weighted by Crippen LogP contribution is 2.08. The molecule has 0 radical (unpaired) electrons. The van der Waals surface area contributed by atoms with E-state index in [-0.39, 0.29) is 18.3 Å². The highest BCUT2D eigenvalue weighted by molar-refractivity contribution is 5.97. The molecule has 0 spiro atoms. The van der Waals surface area contributed by atoms with E-state index >= 15 is 0 Å². The molecule has 0 bridgehead atoms. The maximum absolute atomic E-state index is 10.5. The van der Waals surface area contributed by atoms with Crippen LogP contribution in [0.2, 0.25) is 0 Å². The van der Waals surface area contributed by atoms with E-state index in [1.165, 1.54) is 0 Å². The Hall–Kier alpha value is -0.990. The van der Waals surface area contributed by atoms with E-state index in [1.807, 2.05) is 0 Å². The van der Waals surface area contributed by atoms with Crippen molar-refractivity contribution in [3.63, 3.8) is 0 Å². The first-order valence-corrected chi connectivity index (χ1v) is 2.34. The van der Waals surface area contributed by atoms with Gasteiger partial charge in [-0.05, 0) is 6.92 Å². The van der Waals surface area contributed by atoms with Gasteiger partial charge in [-0.25, -0.2) is 0 Å². The molecule has 0 saturated carbocycles. The molecule has 0 amide bonds. The standard InChI is InChI=1S/C5H7NO2/c1-3-4(7)2-8-5(3)6/h2,6H2,1H3. The molecule has 44 valence electrons. The van der Waals surface area contributed by atoms with Crippen LogP contribution in [0.5, 0.6) is 0 Å². The minimum absolute atomic E-state index is 0.0116. The van der Waals surface area contributed by atoms with Gasteiger partial charge in [-0.1, -0.05) is 0 Å². The van der Waals surface area contributed by atoms with Crippen molar-refractivity contribution in [1.82, 2.24) is 0 Å². The minimum Gasteiger partial charge on any atom is -0.471 e. The molecule has 0 fully saturated rings. The maximum atomic E-state index is 10.5. The summed E-state index contributed by atoms with van der Waals surface area (Å²) in [6.07, 6.45) is 0. The SMILES string of the molecule is CC1=C(N)OCC1=O. The molecule has 3 heteroatoms. The quantitative estimate of drug-likeness (QED) is 0.472. The number of carbonyl (C=O) groups excluding carboxylic acids is 1. The molecule has 1 heterocycles. The number of hydrogen-bond donors (Lipinski definition) is 1. The fraction of sp³-hybridized carbons (Fsp3) is 0.400. The summed E-state index contributed by atoms with van der Waals surface area (Å²) in [5, 5.41) is 0. The Morgan fingerprint density at radius 1 is 1.75 bits per heavy atom. The van der Waals surface area contributed by atoms with Crippen molar-refractivity contribution in [2.24, 2.45) is 5.73 Å². The Kier molecular flexibility index (Phi) is 0.970. The summed E-state index contributed by atoms with van der Waals surface area (Å²) < 4.78 is 4.69. The van der Waals surface area contributed by atoms with Crippen LogP contribution < -0.4 is 5.73 Å². The molecule has 0 aromatic heterocycles. The summed E-state index contributed by atoms with van der Waals surface area (Å²) in [6, 6.07) is 0. The van der Waals surface area contributed by atoms with Gasteiger partial charge in [0, 0.05) is 0 Å². The third-order valence-corrected chi connectivity index (χ3v) is 1.15. The number of Topliss-reactive ketones (excluding diaryl/α,β-unsaturated/α-hetero) is 1. The molecule has 3 nitrogen and oxygen atoms in total. The predicted octanol–water partition coefficient (Wildman–Crippen LogP) is -0.224. The zero-order valence-electron chi connectivity index (χ0n) is 4.60. The van der Waals surface area contributed by atoms with E-state index in [9.17, 15) is 4.79 Å². The monoisotopic (exact) mass is 113 g/mol. The van der Waals surface area contributed by atoms with Gasteiger partial charge < -0.3 is 10.5 Å². The van der Waals surface area contributed by atoms with Gasteiger partial charge in [0.25, 0.3) is 0 Å². The Balaban J connectivity index is 2.86. The summed E-state index contributed by atoms with van der Waals surface area (Å²) in [6.45, 7) is 1.78. The van der Waals surface area contributed by atoms with Crippen LogP contribution in [0.4, 0.5) is 0 Å². The molecular formula is C5H7NO2. The van der Waals surface area contributed by atoms with Crippen LogP contribution in [0.1, 0.15) is 6.92 Å². The summed E-state index contributed by atoms with van der Waals surface area (Å²) in [5.74, 6) is 0.262. The predicted molar refractivity (Wildman–Crippen MR) is 27.8 cm³/mol. The second-order valence-corrected chi connectivity index (χ2v) is 1.70. The molecule has 1 aliphatic rings. The summed E-state index contributed by atoms with van der Waals surface area (Å²) in [5.41, 5.74) is 5.75. The van der Waals surface area contributed by atoms with Crippen LogP contribution in [0.15, 0.2) is 11.5 Å². The number of nitrogens with two attached hydrogens (primary N) is 1. The van der Waals surface area contributed by atoms with Crippen LogP contribution in [0.3, 0.4) is 0 Å². The Bertz CT molecular complexity index is 160. The Morgan fingerprint density at radius 2 is 2.38 bits per heavy atom. The fourth-order valence-corrected chi connectivity index (χ4v) is 0.497. The Labute approximate surface area is 47.1 Å². The number of rotatable bonds is 0. The molecule has 0 atom stereocenters. The first kappa shape index (κ1) is 5.15. The number of carbonyl (C=O) groups is 1. The average molecular weight is 113 g/mol. The van der Waals surface area contributed by atoms with Crippen LogP contribution in [-0.4, -0.2) is 12.4 Å². The molecule has 2 N–H and O–H groups in total. The number of ketones is 1. The van der Waals surface area contributed by atoms with Gasteiger partial charge in [0.05, 0.1) is 5.57 Å². The zero-order chi connectivity index (χ0) is 6.15. The summed E-state index contributed by atoms with van der Waals surface area (Å²) in [4.78, 5) is 10.5. The lowest BCUT2D eigenvalue weighted by Gasteiger charge is -1.89. The Morgan fingerprint density at radius 3 is 2.50 bits per heavy atom. The van der Waals surface area contributed by atoms with E-state index in [2.05, 4.69) is 4.74 Å². The van der Waals surface area contributed by atoms with E-state index in [0.717, 1.165) is 0 Å². The van der Waals surface area contributed by atoms with Crippen LogP contribution in [-0.2, 0) is 9.53 Å². The first-order valence-electron chi connectivity index (χ1n) is 2.34. The third-order valence-electron chi connectivity index (χ3n) is 1.15. The van der Waals surface area contributed by atoms with Crippen molar-refractivity contribution >= 4 is 5.78 Å². The lowest BCUT2D eigenvalue weighted by atomic mass is 10.2. The van der Waals surface area contributed by atoms with Crippen molar-refractivity contribution in [2.75, 3.05) is 6.61 Å². The van der Waals surface area contributed by atoms with Crippen LogP contribution in [0, 0.1) is 0 Å². The van der Waals surface area contributed by atoms with Crippen LogP contribution >= 0.6 is 0 Å². The van der Waals surface area contributed by atoms with Crippen molar-refractivity contribution in [3.05, 3.63) is 11.5 Å². The van der Waals surface area contributed by atoms with E-state index in [4.69, 9.17) is 5.73 Å². The lowest BCUT2D eigenvalue weighted by Crippen LogP contribution is -1.97. The second kappa shape index (κ2) is 1.51. The molecule has 0 aliphatic carbocycles. The highest BCUT2D eigenvalue weighted by atomic mass is 16.5. The molecule has 1 aliphatic heterocycles. The van der Waals surface area contributed by atoms with Crippen molar-refractivity contribution in [1.29, 1.82) is 0 Å². The molecule has 0 aromatic rings. The van der Waals surface area contributed by atoms with Crippen molar-refractivity contribution in [2.45, 2.75) is 6.92 Å². The normalized spacial score (nSPS) is 19.4. The smallest absolute Gasteiger partial charge is 0.201 e. The summed E-state index contributed by atoms with van der Waals surface area (Å²) in [7, 11) is 0. The molecular weight excluding hydrogens is 106 g/mol. The van der Waals surface area contributed by atoms with Crippen molar-refractivity contribution in [3.8, 4) is 0 Å². The minimum atomic E-state index is -0.0116. The van der Waals surface area contributed by atoms with Gasteiger partial charge in [0.15, 0.2) is 12.5 Å². The van der Waals surface area contributed by atoms with E-state index in [1.54, 1.807) is 6.92 Å². The van der Waals surface area contributed by atoms with Gasteiger partial charge in [-0.15, -0.1) is 0 Å². The molecule has 1 rings (SSSR count). The molecule has 0 aromatic carbocycles. The lowest BCUT2D eigenvalue weighted by molar-refractivity contribution is -0.116. The second-order valence-electron chi connectivity index (χ2n) is 1.70.